The summed E-state index contributed by atoms with van der Waals surface area (Å²) >= 11 is 5.90. The van der Waals surface area contributed by atoms with Crippen molar-refractivity contribution < 1.29 is 14.6 Å². The van der Waals surface area contributed by atoms with E-state index in [1.54, 1.807) is 13.0 Å². The molecule has 0 spiro atoms. The van der Waals surface area contributed by atoms with E-state index in [0.29, 0.717) is 29.8 Å². The van der Waals surface area contributed by atoms with Crippen LogP contribution in [0.1, 0.15) is 37.9 Å². The van der Waals surface area contributed by atoms with Crippen molar-refractivity contribution in [2.45, 2.75) is 43.8 Å². The summed E-state index contributed by atoms with van der Waals surface area (Å²) in [6.07, 6.45) is 0.968. The minimum Gasteiger partial charge on any atom is -0.393 e. The lowest BCUT2D eigenvalue weighted by molar-refractivity contribution is 0.0266. The molecule has 134 valence electrons. The van der Waals surface area contributed by atoms with Crippen molar-refractivity contribution in [1.82, 2.24) is 4.98 Å². The lowest BCUT2D eigenvalue weighted by Crippen LogP contribution is -2.42. The quantitative estimate of drug-likeness (QED) is 0.778. The first-order valence-electron chi connectivity index (χ1n) is 8.24. The summed E-state index contributed by atoms with van der Waals surface area (Å²) in [6, 6.07) is 8.16. The summed E-state index contributed by atoms with van der Waals surface area (Å²) in [5, 5.41) is 20.3. The summed E-state index contributed by atoms with van der Waals surface area (Å²) in [5.41, 5.74) is 6.88. The minimum absolute atomic E-state index is 0.0158. The maximum Gasteiger partial charge on any atom is 0.141 e. The Morgan fingerprint density at radius 1 is 1.36 bits per heavy atom. The third-order valence-corrected chi connectivity index (χ3v) is 5.35. The Morgan fingerprint density at radius 2 is 2.04 bits per heavy atom. The van der Waals surface area contributed by atoms with Gasteiger partial charge in [-0.25, -0.2) is 9.37 Å². The van der Waals surface area contributed by atoms with E-state index in [1.807, 2.05) is 12.1 Å². The van der Waals surface area contributed by atoms with E-state index in [1.165, 1.54) is 12.1 Å². The zero-order valence-electron chi connectivity index (χ0n) is 14.3. The Bertz CT molecular complexity index is 804. The SMILES string of the molecule is CC(O)(CN)c1cc(C2(C)CC(O)C2)cc(-c2ccc(F)c(Cl)c2)n1. The summed E-state index contributed by atoms with van der Waals surface area (Å²) in [7, 11) is 0. The third kappa shape index (κ3) is 3.42. The molecule has 1 aromatic heterocycles. The van der Waals surface area contributed by atoms with Gasteiger partial charge in [0.15, 0.2) is 0 Å². The van der Waals surface area contributed by atoms with Crippen molar-refractivity contribution in [3.63, 3.8) is 0 Å². The second-order valence-corrected chi connectivity index (χ2v) is 7.76. The fraction of sp³-hybridized carbons (Fsp3) is 0.421. The van der Waals surface area contributed by atoms with Gasteiger partial charge in [-0.15, -0.1) is 0 Å². The van der Waals surface area contributed by atoms with Crippen molar-refractivity contribution in [3.05, 3.63) is 52.4 Å². The van der Waals surface area contributed by atoms with E-state index in [4.69, 9.17) is 17.3 Å². The molecule has 1 aliphatic carbocycles. The number of hydrogen-bond acceptors (Lipinski definition) is 4. The molecule has 0 saturated heterocycles. The molecule has 0 radical (unpaired) electrons. The first-order chi connectivity index (χ1) is 11.6. The van der Waals surface area contributed by atoms with Crippen LogP contribution in [0.4, 0.5) is 4.39 Å². The molecule has 4 N–H and O–H groups in total. The fourth-order valence-corrected chi connectivity index (χ4v) is 3.46. The number of pyridine rings is 1. The normalized spacial score (nSPS) is 25.3. The van der Waals surface area contributed by atoms with Gasteiger partial charge in [0.25, 0.3) is 0 Å². The van der Waals surface area contributed by atoms with Crippen LogP contribution in [-0.2, 0) is 11.0 Å². The number of rotatable bonds is 4. The van der Waals surface area contributed by atoms with Crippen molar-refractivity contribution in [3.8, 4) is 11.3 Å². The summed E-state index contributed by atoms with van der Waals surface area (Å²) in [6.45, 7) is 3.70. The van der Waals surface area contributed by atoms with Crippen molar-refractivity contribution >= 4 is 11.6 Å². The number of aromatic nitrogens is 1. The maximum absolute atomic E-state index is 13.5. The Balaban J connectivity index is 2.14. The van der Waals surface area contributed by atoms with Gasteiger partial charge in [0.1, 0.15) is 11.4 Å². The molecule has 0 aliphatic heterocycles. The summed E-state index contributed by atoms with van der Waals surface area (Å²) < 4.78 is 13.5. The molecule has 1 aliphatic rings. The van der Waals surface area contributed by atoms with Crippen molar-refractivity contribution in [2.24, 2.45) is 5.73 Å². The van der Waals surface area contributed by atoms with E-state index < -0.39 is 11.4 Å². The molecule has 1 saturated carbocycles. The Labute approximate surface area is 151 Å². The summed E-state index contributed by atoms with van der Waals surface area (Å²) in [4.78, 5) is 4.53. The standard InChI is InChI=1S/C19H22ClFN2O2/c1-18(8-13(24)9-18)12-6-16(11-3-4-15(21)14(20)5-11)23-17(7-12)19(2,25)10-22/h3-7,13,24-25H,8-10,22H2,1-2H3. The molecule has 0 bridgehead atoms. The average Bonchev–Trinajstić information content (AvgIpc) is 2.55. The van der Waals surface area contributed by atoms with Crippen LogP contribution in [0.25, 0.3) is 11.3 Å². The lowest BCUT2D eigenvalue weighted by Gasteiger charge is -2.43. The molecule has 1 unspecified atom stereocenters. The van der Waals surface area contributed by atoms with Crippen molar-refractivity contribution in [1.29, 1.82) is 0 Å². The topological polar surface area (TPSA) is 79.4 Å². The van der Waals surface area contributed by atoms with Gasteiger partial charge in [-0.1, -0.05) is 18.5 Å². The van der Waals surface area contributed by atoms with Gasteiger partial charge in [0.05, 0.1) is 22.5 Å². The maximum atomic E-state index is 13.5. The molecule has 1 aromatic carbocycles. The smallest absolute Gasteiger partial charge is 0.141 e. The Hall–Kier alpha value is -1.53. The number of halogens is 2. The zero-order valence-corrected chi connectivity index (χ0v) is 15.0. The van der Waals surface area contributed by atoms with E-state index >= 15 is 0 Å². The van der Waals surface area contributed by atoms with E-state index in [0.717, 1.165) is 5.56 Å². The largest absolute Gasteiger partial charge is 0.393 e. The number of aliphatic hydroxyl groups is 2. The highest BCUT2D eigenvalue weighted by molar-refractivity contribution is 6.31. The van der Waals surface area contributed by atoms with Crippen LogP contribution in [0.5, 0.6) is 0 Å². The first-order valence-corrected chi connectivity index (χ1v) is 8.61. The Kier molecular flexibility index (Phi) is 4.62. The number of hydrogen-bond donors (Lipinski definition) is 3. The fourth-order valence-electron chi connectivity index (χ4n) is 3.28. The summed E-state index contributed by atoms with van der Waals surface area (Å²) in [5.74, 6) is -0.496. The molecular formula is C19H22ClFN2O2. The van der Waals surface area contributed by atoms with Crippen LogP contribution in [0.3, 0.4) is 0 Å². The number of nitrogens with two attached hydrogens (primary N) is 1. The van der Waals surface area contributed by atoms with E-state index in [2.05, 4.69) is 11.9 Å². The van der Waals surface area contributed by atoms with Crippen LogP contribution in [0, 0.1) is 5.82 Å². The number of nitrogens with zero attached hydrogens (tertiary/aromatic N) is 1. The molecule has 1 fully saturated rings. The van der Waals surface area contributed by atoms with Crippen LogP contribution < -0.4 is 5.73 Å². The second-order valence-electron chi connectivity index (χ2n) is 7.36. The number of aliphatic hydroxyl groups excluding tert-OH is 1. The highest BCUT2D eigenvalue weighted by Crippen LogP contribution is 2.45. The highest BCUT2D eigenvalue weighted by atomic mass is 35.5. The predicted molar refractivity (Wildman–Crippen MR) is 95.9 cm³/mol. The zero-order chi connectivity index (χ0) is 18.4. The van der Waals surface area contributed by atoms with Gasteiger partial charge in [-0.2, -0.15) is 0 Å². The van der Waals surface area contributed by atoms with Crippen molar-refractivity contribution in [2.75, 3.05) is 6.54 Å². The van der Waals surface area contributed by atoms with Gasteiger partial charge in [0, 0.05) is 12.1 Å². The van der Waals surface area contributed by atoms with Gasteiger partial charge in [-0.3, -0.25) is 0 Å². The third-order valence-electron chi connectivity index (χ3n) is 5.06. The molecular weight excluding hydrogens is 343 g/mol. The van der Waals surface area contributed by atoms with Crippen LogP contribution in [-0.4, -0.2) is 27.8 Å². The van der Waals surface area contributed by atoms with E-state index in [9.17, 15) is 14.6 Å². The van der Waals surface area contributed by atoms with Gasteiger partial charge < -0.3 is 15.9 Å². The molecule has 25 heavy (non-hydrogen) atoms. The van der Waals surface area contributed by atoms with Crippen LogP contribution in [0.2, 0.25) is 5.02 Å². The predicted octanol–water partition coefficient (Wildman–Crippen LogP) is 3.12. The molecule has 4 nitrogen and oxygen atoms in total. The molecule has 3 rings (SSSR count). The van der Waals surface area contributed by atoms with Gasteiger partial charge in [-0.05, 0) is 61.1 Å². The lowest BCUT2D eigenvalue weighted by atomic mass is 9.64. The van der Waals surface area contributed by atoms with E-state index in [-0.39, 0.29) is 23.1 Å². The molecule has 2 aromatic rings. The second kappa shape index (κ2) is 6.32. The molecule has 0 amide bonds. The highest BCUT2D eigenvalue weighted by Gasteiger charge is 2.41. The minimum atomic E-state index is -1.28. The van der Waals surface area contributed by atoms with Crippen LogP contribution >= 0.6 is 11.6 Å². The van der Waals surface area contributed by atoms with Crippen LogP contribution in [0.15, 0.2) is 30.3 Å². The molecule has 6 heteroatoms. The number of benzene rings is 1. The Morgan fingerprint density at radius 3 is 2.60 bits per heavy atom. The average molecular weight is 365 g/mol. The van der Waals surface area contributed by atoms with Gasteiger partial charge >= 0.3 is 0 Å². The monoisotopic (exact) mass is 364 g/mol. The van der Waals surface area contributed by atoms with Gasteiger partial charge in [0.2, 0.25) is 0 Å². The molecule has 1 heterocycles. The molecule has 1 atom stereocenters. The first kappa shape index (κ1) is 18.3.